The molecule has 2 saturated carbocycles. The average Bonchev–Trinajstić information content (AvgIpc) is 2.49. The van der Waals surface area contributed by atoms with E-state index in [0.29, 0.717) is 6.04 Å². The van der Waals surface area contributed by atoms with Crippen LogP contribution in [0.5, 0.6) is 0 Å². The molecule has 0 aromatic rings. The highest BCUT2D eigenvalue weighted by molar-refractivity contribution is 5.01. The fourth-order valence-electron chi connectivity index (χ4n) is 1.88. The molecule has 2 atom stereocenters. The minimum absolute atomic E-state index is 0.689. The second-order valence-corrected chi connectivity index (χ2v) is 4.16. The van der Waals surface area contributed by atoms with Crippen LogP contribution < -0.4 is 5.32 Å². The summed E-state index contributed by atoms with van der Waals surface area (Å²) in [4.78, 5) is 0. The lowest BCUT2D eigenvalue weighted by molar-refractivity contribution is 0.536. The van der Waals surface area contributed by atoms with E-state index in [2.05, 4.69) is 19.2 Å². The van der Waals surface area contributed by atoms with Crippen molar-refractivity contribution in [1.29, 1.82) is 0 Å². The van der Waals surface area contributed by atoms with Crippen molar-refractivity contribution < 1.29 is 0 Å². The summed E-state index contributed by atoms with van der Waals surface area (Å²) in [5, 5.41) is 3.59. The monoisotopic (exact) mass is 139 g/mol. The van der Waals surface area contributed by atoms with Crippen LogP contribution in [0.25, 0.3) is 0 Å². The minimum atomic E-state index is 0.689. The molecule has 2 aliphatic rings. The molecule has 0 unspecified atom stereocenters. The van der Waals surface area contributed by atoms with E-state index >= 15 is 0 Å². The third-order valence-corrected chi connectivity index (χ3v) is 2.61. The Morgan fingerprint density at radius 1 is 1.30 bits per heavy atom. The molecule has 0 bridgehead atoms. The molecular formula is C9H17N. The van der Waals surface area contributed by atoms with Crippen molar-refractivity contribution in [2.75, 3.05) is 0 Å². The van der Waals surface area contributed by atoms with Crippen LogP contribution in [0.15, 0.2) is 0 Å². The summed E-state index contributed by atoms with van der Waals surface area (Å²) < 4.78 is 0. The van der Waals surface area contributed by atoms with Crippen molar-refractivity contribution in [2.45, 2.75) is 45.2 Å². The highest BCUT2D eigenvalue weighted by atomic mass is 15.0. The van der Waals surface area contributed by atoms with Crippen LogP contribution in [0.1, 0.15) is 33.1 Å². The fourth-order valence-corrected chi connectivity index (χ4v) is 1.88. The van der Waals surface area contributed by atoms with Crippen LogP contribution in [0.4, 0.5) is 0 Å². The van der Waals surface area contributed by atoms with Crippen LogP contribution in [-0.4, -0.2) is 12.1 Å². The molecular weight excluding hydrogens is 122 g/mol. The summed E-state index contributed by atoms with van der Waals surface area (Å²) in [5.41, 5.74) is 0. The second kappa shape index (κ2) is 2.23. The molecule has 0 aliphatic heterocycles. The van der Waals surface area contributed by atoms with Gasteiger partial charge in [0, 0.05) is 12.1 Å². The zero-order valence-corrected chi connectivity index (χ0v) is 6.93. The zero-order valence-electron chi connectivity index (χ0n) is 6.93. The van der Waals surface area contributed by atoms with Crippen LogP contribution in [0.2, 0.25) is 0 Å². The molecule has 58 valence electrons. The molecule has 1 nitrogen and oxygen atoms in total. The normalized spacial score (nSPS) is 38.7. The Morgan fingerprint density at radius 2 is 2.00 bits per heavy atom. The van der Waals surface area contributed by atoms with Crippen molar-refractivity contribution in [3.8, 4) is 0 Å². The Morgan fingerprint density at radius 3 is 2.50 bits per heavy atom. The third-order valence-electron chi connectivity index (χ3n) is 2.61. The maximum Gasteiger partial charge on any atom is 0.0104 e. The molecule has 0 aromatic heterocycles. The summed E-state index contributed by atoms with van der Waals surface area (Å²) in [5.74, 6) is 2.19. The first-order valence-electron chi connectivity index (χ1n) is 4.53. The Balaban J connectivity index is 1.69. The highest BCUT2D eigenvalue weighted by Crippen LogP contribution is 2.50. The van der Waals surface area contributed by atoms with Gasteiger partial charge in [-0.15, -0.1) is 0 Å². The summed E-state index contributed by atoms with van der Waals surface area (Å²) in [7, 11) is 0. The highest BCUT2D eigenvalue weighted by Gasteiger charge is 2.47. The van der Waals surface area contributed by atoms with E-state index in [1.54, 1.807) is 0 Å². The lowest BCUT2D eigenvalue weighted by atomic mass is 10.2. The Hall–Kier alpha value is -0.0400. The van der Waals surface area contributed by atoms with Gasteiger partial charge in [0.15, 0.2) is 0 Å². The number of rotatable bonds is 3. The molecule has 10 heavy (non-hydrogen) atoms. The van der Waals surface area contributed by atoms with Gasteiger partial charge in [0.25, 0.3) is 0 Å². The minimum Gasteiger partial charge on any atom is -0.311 e. The number of hydrogen-bond acceptors (Lipinski definition) is 1. The van der Waals surface area contributed by atoms with Crippen LogP contribution in [0.3, 0.4) is 0 Å². The van der Waals surface area contributed by atoms with Crippen molar-refractivity contribution in [2.24, 2.45) is 11.8 Å². The maximum absolute atomic E-state index is 3.59. The largest absolute Gasteiger partial charge is 0.311 e. The van der Waals surface area contributed by atoms with Crippen LogP contribution in [0, 0.1) is 11.8 Å². The van der Waals surface area contributed by atoms with E-state index in [4.69, 9.17) is 0 Å². The average molecular weight is 139 g/mol. The summed E-state index contributed by atoms with van der Waals surface area (Å²) in [6, 6.07) is 1.58. The van der Waals surface area contributed by atoms with Gasteiger partial charge < -0.3 is 5.32 Å². The topological polar surface area (TPSA) is 12.0 Å². The summed E-state index contributed by atoms with van der Waals surface area (Å²) in [6.45, 7) is 4.48. The fraction of sp³-hybridized carbons (Fsp3) is 1.00. The Labute approximate surface area is 63.2 Å². The second-order valence-electron chi connectivity index (χ2n) is 4.16. The first kappa shape index (κ1) is 6.66. The van der Waals surface area contributed by atoms with E-state index in [1.165, 1.54) is 19.3 Å². The number of hydrogen-bond donors (Lipinski definition) is 1. The van der Waals surface area contributed by atoms with E-state index in [9.17, 15) is 0 Å². The Bertz CT molecular complexity index is 127. The van der Waals surface area contributed by atoms with Gasteiger partial charge in [-0.25, -0.2) is 0 Å². The van der Waals surface area contributed by atoms with Gasteiger partial charge in [-0.2, -0.15) is 0 Å². The lowest BCUT2D eigenvalue weighted by Crippen LogP contribution is -2.26. The molecule has 0 amide bonds. The van der Waals surface area contributed by atoms with Crippen molar-refractivity contribution >= 4 is 0 Å². The van der Waals surface area contributed by atoms with Crippen LogP contribution >= 0.6 is 0 Å². The van der Waals surface area contributed by atoms with E-state index in [-0.39, 0.29) is 0 Å². The van der Waals surface area contributed by atoms with Crippen molar-refractivity contribution in [3.05, 3.63) is 0 Å². The molecule has 2 aliphatic carbocycles. The maximum atomic E-state index is 3.59. The third kappa shape index (κ3) is 1.34. The molecule has 1 N–H and O–H groups in total. The van der Waals surface area contributed by atoms with Crippen LogP contribution in [-0.2, 0) is 0 Å². The van der Waals surface area contributed by atoms with Gasteiger partial charge in [0.05, 0.1) is 0 Å². The molecule has 1 heteroatoms. The van der Waals surface area contributed by atoms with Gasteiger partial charge in [-0.3, -0.25) is 0 Å². The van der Waals surface area contributed by atoms with Gasteiger partial charge in [-0.1, -0.05) is 13.8 Å². The number of nitrogens with one attached hydrogen (secondary N) is 1. The smallest absolute Gasteiger partial charge is 0.0104 e. The van der Waals surface area contributed by atoms with Crippen molar-refractivity contribution in [1.82, 2.24) is 5.32 Å². The van der Waals surface area contributed by atoms with E-state index in [0.717, 1.165) is 17.9 Å². The van der Waals surface area contributed by atoms with E-state index in [1.807, 2.05) is 0 Å². The molecule has 2 fully saturated rings. The standard InChI is InChI=1S/C9H17N/c1-6(2)10-9-5-8(9)7-3-4-7/h6-10H,3-5H2,1-2H3/t8-,9+/m1/s1. The lowest BCUT2D eigenvalue weighted by Gasteiger charge is -2.05. The SMILES string of the molecule is CC(C)N[C@H]1C[C@@H]1C1CC1. The molecule has 2 rings (SSSR count). The summed E-state index contributed by atoms with van der Waals surface area (Å²) in [6.07, 6.45) is 4.49. The first-order chi connectivity index (χ1) is 4.77. The molecule has 0 saturated heterocycles. The van der Waals surface area contributed by atoms with Crippen molar-refractivity contribution in [3.63, 3.8) is 0 Å². The first-order valence-corrected chi connectivity index (χ1v) is 4.53. The molecule has 0 heterocycles. The van der Waals surface area contributed by atoms with Gasteiger partial charge >= 0.3 is 0 Å². The molecule has 0 radical (unpaired) electrons. The quantitative estimate of drug-likeness (QED) is 0.628. The zero-order chi connectivity index (χ0) is 7.14. The summed E-state index contributed by atoms with van der Waals surface area (Å²) >= 11 is 0. The predicted molar refractivity (Wildman–Crippen MR) is 42.9 cm³/mol. The van der Waals surface area contributed by atoms with E-state index < -0.39 is 0 Å². The van der Waals surface area contributed by atoms with Gasteiger partial charge in [0.2, 0.25) is 0 Å². The Kier molecular flexibility index (Phi) is 1.48. The molecule has 0 aromatic carbocycles. The molecule has 0 spiro atoms. The van der Waals surface area contributed by atoms with Gasteiger partial charge in [-0.05, 0) is 31.1 Å². The van der Waals surface area contributed by atoms with Gasteiger partial charge in [0.1, 0.15) is 0 Å². The predicted octanol–water partition coefficient (Wildman–Crippen LogP) is 1.78.